The van der Waals surface area contributed by atoms with Crippen molar-refractivity contribution in [1.82, 2.24) is 0 Å². The van der Waals surface area contributed by atoms with Crippen LogP contribution in [0.3, 0.4) is 0 Å². The molecule has 4 rings (SSSR count). The normalized spacial score (nSPS) is 20.1. The molecule has 190 valence electrons. The number of rotatable bonds is 8. The lowest BCUT2D eigenvalue weighted by Crippen LogP contribution is -2.31. The van der Waals surface area contributed by atoms with Gasteiger partial charge < -0.3 is 24.4 Å². The van der Waals surface area contributed by atoms with E-state index in [-0.39, 0.29) is 29.9 Å². The average molecular weight is 574 g/mol. The van der Waals surface area contributed by atoms with Gasteiger partial charge in [-0.2, -0.15) is 0 Å². The predicted molar refractivity (Wildman–Crippen MR) is 135 cm³/mol. The summed E-state index contributed by atoms with van der Waals surface area (Å²) in [5, 5.41) is 2.80. The van der Waals surface area contributed by atoms with Crippen molar-refractivity contribution in [3.8, 4) is 5.75 Å². The second-order valence-electron chi connectivity index (χ2n) is 8.99. The highest BCUT2D eigenvalue weighted by molar-refractivity contribution is 9.10. The number of carbonyl (C=O) groups excluding carboxylic acids is 1. The number of anilines is 2. The molecule has 2 aromatic rings. The molecule has 0 spiro atoms. The molecule has 0 bridgehead atoms. The van der Waals surface area contributed by atoms with Crippen LogP contribution < -0.4 is 15.0 Å². The largest absolute Gasteiger partial charge is 0.487 e. The van der Waals surface area contributed by atoms with Gasteiger partial charge in [-0.1, -0.05) is 0 Å². The van der Waals surface area contributed by atoms with E-state index in [9.17, 15) is 13.6 Å². The number of hydrogen-bond acceptors (Lipinski definition) is 5. The van der Waals surface area contributed by atoms with Crippen molar-refractivity contribution in [2.45, 2.75) is 56.9 Å². The molecule has 0 aliphatic carbocycles. The van der Waals surface area contributed by atoms with Crippen LogP contribution in [0.5, 0.6) is 5.75 Å². The van der Waals surface area contributed by atoms with E-state index < -0.39 is 5.57 Å². The highest BCUT2D eigenvalue weighted by Crippen LogP contribution is 2.44. The second-order valence-corrected chi connectivity index (χ2v) is 10.3. The summed E-state index contributed by atoms with van der Waals surface area (Å²) < 4.78 is 42.6. The van der Waals surface area contributed by atoms with Crippen molar-refractivity contribution in [3.05, 3.63) is 52.0 Å². The van der Waals surface area contributed by atoms with Gasteiger partial charge >= 0.3 is 5.57 Å². The van der Waals surface area contributed by atoms with Crippen LogP contribution in [0.2, 0.25) is 0 Å². The summed E-state index contributed by atoms with van der Waals surface area (Å²) in [6.45, 7) is 6.29. The van der Waals surface area contributed by atoms with E-state index in [1.54, 1.807) is 6.07 Å². The van der Waals surface area contributed by atoms with Crippen molar-refractivity contribution in [1.29, 1.82) is 0 Å². The van der Waals surface area contributed by atoms with E-state index in [1.165, 1.54) is 24.3 Å². The quantitative estimate of drug-likeness (QED) is 0.355. The smallest absolute Gasteiger partial charge is 0.420 e. The molecule has 35 heavy (non-hydrogen) atoms. The molecule has 1 saturated heterocycles. The summed E-state index contributed by atoms with van der Waals surface area (Å²) >= 11 is 8.46. The van der Waals surface area contributed by atoms with Gasteiger partial charge in [0.25, 0.3) is 5.91 Å². The number of amides is 1. The molecule has 1 fully saturated rings. The number of nitrogens with one attached hydrogen (secondary N) is 1. The number of hydrogen-bond donors (Lipinski definition) is 1. The van der Waals surface area contributed by atoms with Crippen molar-refractivity contribution in [2.75, 3.05) is 30.0 Å². The first-order valence-electron chi connectivity index (χ1n) is 11.6. The number of fused-ring (bicyclic) bond motifs is 1. The summed E-state index contributed by atoms with van der Waals surface area (Å²) in [7, 11) is 0. The van der Waals surface area contributed by atoms with Crippen LogP contribution in [0.15, 0.2) is 40.9 Å². The van der Waals surface area contributed by atoms with Crippen LogP contribution in [-0.4, -0.2) is 43.6 Å². The highest BCUT2D eigenvalue weighted by atomic mass is 79.9. The van der Waals surface area contributed by atoms with Crippen LogP contribution in [0.4, 0.5) is 20.2 Å². The first-order valence-corrected chi connectivity index (χ1v) is 12.8. The maximum atomic E-state index is 13.0. The Hall–Kier alpha value is -1.94. The van der Waals surface area contributed by atoms with Gasteiger partial charge in [0.2, 0.25) is 0 Å². The molecular weight excluding hydrogens is 546 g/mol. The predicted octanol–water partition coefficient (Wildman–Crippen LogP) is 6.72. The molecule has 0 radical (unpaired) electrons. The topological polar surface area (TPSA) is 60.0 Å². The van der Waals surface area contributed by atoms with Crippen LogP contribution >= 0.6 is 27.5 Å². The van der Waals surface area contributed by atoms with Gasteiger partial charge in [0, 0.05) is 52.4 Å². The van der Waals surface area contributed by atoms with Crippen molar-refractivity contribution >= 4 is 44.8 Å². The lowest BCUT2D eigenvalue weighted by atomic mass is 9.99. The third kappa shape index (κ3) is 6.64. The summed E-state index contributed by atoms with van der Waals surface area (Å²) in [6.07, 6.45) is 2.88. The fraction of sp³-hybridized carbons (Fsp3) is 0.480. The number of ether oxygens (including phenoxy) is 3. The number of halogens is 4. The average Bonchev–Trinajstić information content (AvgIpc) is 3.18. The van der Waals surface area contributed by atoms with E-state index in [0.717, 1.165) is 48.1 Å². The van der Waals surface area contributed by atoms with E-state index in [4.69, 9.17) is 21.1 Å². The molecule has 2 aromatic carbocycles. The van der Waals surface area contributed by atoms with E-state index in [2.05, 4.69) is 44.7 Å². The molecule has 2 aliphatic heterocycles. The Labute approximate surface area is 217 Å². The zero-order valence-electron chi connectivity index (χ0n) is 19.5. The van der Waals surface area contributed by atoms with Gasteiger partial charge in [-0.3, -0.25) is 4.79 Å². The lowest BCUT2D eigenvalue weighted by molar-refractivity contribution is -0.164. The fourth-order valence-corrected chi connectivity index (χ4v) is 5.21. The number of benzene rings is 2. The Bertz CT molecular complexity index is 1040. The maximum Gasteiger partial charge on any atom is 0.487 e. The summed E-state index contributed by atoms with van der Waals surface area (Å²) in [5.74, 6) is -0.333. The number of alkyl halides is 3. The first kappa shape index (κ1) is 26.1. The molecule has 2 heterocycles. The Kier molecular flexibility index (Phi) is 8.20. The van der Waals surface area contributed by atoms with E-state index >= 15 is 0 Å². The lowest BCUT2D eigenvalue weighted by Gasteiger charge is -2.26. The maximum absolute atomic E-state index is 13.0. The molecule has 0 saturated carbocycles. The second kappa shape index (κ2) is 11.0. The minimum Gasteiger partial charge on any atom is -0.420 e. The Morgan fingerprint density at radius 1 is 1.29 bits per heavy atom. The van der Waals surface area contributed by atoms with Gasteiger partial charge in [-0.15, -0.1) is 8.78 Å². The molecule has 0 aromatic heterocycles. The van der Waals surface area contributed by atoms with Crippen LogP contribution in [0, 0.1) is 0 Å². The van der Waals surface area contributed by atoms with E-state index in [1.807, 2.05) is 6.07 Å². The third-order valence-corrected chi connectivity index (χ3v) is 6.77. The SMILES string of the molecule is CC(C)N1CC(COC2CCCCO2)c2cc(C(=O)Nc3ccc(OC(F)(F)Cl)cc3)cc(Br)c21. The molecular formula is C25H28BrClF2N2O4. The molecule has 6 nitrogen and oxygen atoms in total. The van der Waals surface area contributed by atoms with Gasteiger partial charge in [0.1, 0.15) is 5.75 Å². The van der Waals surface area contributed by atoms with Gasteiger partial charge in [0.05, 0.1) is 12.3 Å². The van der Waals surface area contributed by atoms with Gasteiger partial charge in [-0.05, 0) is 91.0 Å². The van der Waals surface area contributed by atoms with Crippen LogP contribution in [0.25, 0.3) is 0 Å². The van der Waals surface area contributed by atoms with Gasteiger partial charge in [-0.25, -0.2) is 0 Å². The Morgan fingerprint density at radius 3 is 2.66 bits per heavy atom. The molecule has 10 heteroatoms. The minimum atomic E-state index is -3.80. The van der Waals surface area contributed by atoms with E-state index in [0.29, 0.717) is 17.9 Å². The Morgan fingerprint density at radius 2 is 2.03 bits per heavy atom. The molecule has 2 unspecified atom stereocenters. The monoisotopic (exact) mass is 572 g/mol. The van der Waals surface area contributed by atoms with Crippen molar-refractivity contribution < 1.29 is 27.8 Å². The molecule has 2 aliphatic rings. The summed E-state index contributed by atoms with van der Waals surface area (Å²) in [4.78, 5) is 15.3. The van der Waals surface area contributed by atoms with Crippen molar-refractivity contribution in [2.24, 2.45) is 0 Å². The highest BCUT2D eigenvalue weighted by Gasteiger charge is 2.34. The number of nitrogens with zero attached hydrogens (tertiary/aromatic N) is 1. The first-order chi connectivity index (χ1) is 16.6. The molecule has 1 amide bonds. The molecule has 1 N–H and O–H groups in total. The van der Waals surface area contributed by atoms with Crippen LogP contribution in [-0.2, 0) is 9.47 Å². The van der Waals surface area contributed by atoms with Gasteiger partial charge in [0.15, 0.2) is 6.29 Å². The summed E-state index contributed by atoms with van der Waals surface area (Å²) in [5.41, 5.74) is -0.766. The zero-order chi connectivity index (χ0) is 25.2. The Balaban J connectivity index is 1.51. The van der Waals surface area contributed by atoms with Crippen LogP contribution in [0.1, 0.15) is 54.9 Å². The minimum absolute atomic E-state index is 0.0932. The third-order valence-electron chi connectivity index (χ3n) is 6.09. The molecule has 2 atom stereocenters. The fourth-order valence-electron chi connectivity index (χ4n) is 4.41. The summed E-state index contributed by atoms with van der Waals surface area (Å²) in [6, 6.07) is 9.54. The van der Waals surface area contributed by atoms with Crippen molar-refractivity contribution in [3.63, 3.8) is 0 Å². The standard InChI is InChI=1S/C25H28BrClF2N2O4/c1-15(2)31-13-17(14-34-22-5-3-4-10-33-22)20-11-16(12-21(26)23(20)31)24(32)30-18-6-8-19(9-7-18)35-25(27,28)29/h6-9,11-12,15,17,22H,3-5,10,13-14H2,1-2H3,(H,30,32). The number of carbonyl (C=O) groups is 1. The zero-order valence-corrected chi connectivity index (χ0v) is 21.9.